The average molecular weight is 607 g/mol. The number of ether oxygens (including phenoxy) is 2. The van der Waals surface area contributed by atoms with Crippen LogP contribution in [0.5, 0.6) is 5.75 Å². The van der Waals surface area contributed by atoms with Crippen molar-refractivity contribution in [3.8, 4) is 5.75 Å². The van der Waals surface area contributed by atoms with Crippen LogP contribution in [0, 0.1) is 7.14 Å². The second kappa shape index (κ2) is 9.08. The maximum atomic E-state index is 12.2. The normalized spacial score (nSPS) is 14.6. The highest BCUT2D eigenvalue weighted by Gasteiger charge is 2.24. The van der Waals surface area contributed by atoms with Crippen LogP contribution in [0.2, 0.25) is 0 Å². The molecular formula is C23H15I2NO3. The molecule has 1 aliphatic rings. The van der Waals surface area contributed by atoms with Crippen LogP contribution in [0.3, 0.4) is 0 Å². The zero-order valence-corrected chi connectivity index (χ0v) is 19.5. The van der Waals surface area contributed by atoms with Crippen molar-refractivity contribution in [1.29, 1.82) is 0 Å². The minimum Gasteiger partial charge on any atom is -0.489 e. The summed E-state index contributed by atoms with van der Waals surface area (Å²) in [6.45, 7) is 0.480. The molecule has 0 bridgehead atoms. The van der Waals surface area contributed by atoms with E-state index in [-0.39, 0.29) is 5.70 Å². The molecule has 0 unspecified atom stereocenters. The van der Waals surface area contributed by atoms with Gasteiger partial charge in [0.25, 0.3) is 0 Å². The van der Waals surface area contributed by atoms with Crippen LogP contribution in [-0.2, 0) is 16.1 Å². The minimum absolute atomic E-state index is 0.272. The third-order valence-corrected chi connectivity index (χ3v) is 5.63. The van der Waals surface area contributed by atoms with Crippen LogP contribution >= 0.6 is 45.2 Å². The third kappa shape index (κ3) is 5.24. The lowest BCUT2D eigenvalue weighted by Gasteiger charge is -2.07. The zero-order chi connectivity index (χ0) is 20.2. The number of aliphatic imine (C=N–C) groups is 1. The summed E-state index contributed by atoms with van der Waals surface area (Å²) in [4.78, 5) is 16.6. The maximum Gasteiger partial charge on any atom is 0.363 e. The molecule has 0 saturated heterocycles. The molecule has 3 aromatic rings. The molecule has 0 aliphatic carbocycles. The summed E-state index contributed by atoms with van der Waals surface area (Å²) >= 11 is 4.50. The van der Waals surface area contributed by atoms with Gasteiger partial charge in [0.2, 0.25) is 5.90 Å². The van der Waals surface area contributed by atoms with Crippen molar-refractivity contribution < 1.29 is 14.3 Å². The molecule has 0 spiro atoms. The van der Waals surface area contributed by atoms with E-state index in [4.69, 9.17) is 9.47 Å². The van der Waals surface area contributed by atoms with Gasteiger partial charge in [-0.25, -0.2) is 9.79 Å². The Labute approximate surface area is 195 Å². The number of carbonyl (C=O) groups excluding carboxylic acids is 1. The van der Waals surface area contributed by atoms with Crippen LogP contribution in [-0.4, -0.2) is 11.9 Å². The summed E-state index contributed by atoms with van der Waals surface area (Å²) in [5.74, 6) is 0.596. The van der Waals surface area contributed by atoms with E-state index < -0.39 is 5.97 Å². The highest BCUT2D eigenvalue weighted by molar-refractivity contribution is 14.1. The van der Waals surface area contributed by atoms with Crippen molar-refractivity contribution in [2.24, 2.45) is 4.99 Å². The molecule has 1 aliphatic heterocycles. The van der Waals surface area contributed by atoms with E-state index in [1.54, 1.807) is 6.08 Å². The fourth-order valence-corrected chi connectivity index (χ4v) is 3.44. The number of carbonyl (C=O) groups is 1. The summed E-state index contributed by atoms with van der Waals surface area (Å²) < 4.78 is 13.5. The topological polar surface area (TPSA) is 47.9 Å². The predicted molar refractivity (Wildman–Crippen MR) is 130 cm³/mol. The molecule has 1 heterocycles. The monoisotopic (exact) mass is 607 g/mol. The van der Waals surface area contributed by atoms with E-state index in [0.29, 0.717) is 12.5 Å². The SMILES string of the molecule is O=C1OC(c2ccc(I)cc2)=N/C1=C\c1cccc(OCc2ccc(I)cc2)c1. The predicted octanol–water partition coefficient (Wildman–Crippen LogP) is 5.82. The molecule has 29 heavy (non-hydrogen) atoms. The van der Waals surface area contributed by atoms with Crippen molar-refractivity contribution >= 4 is 63.1 Å². The molecule has 0 saturated carbocycles. The van der Waals surface area contributed by atoms with E-state index >= 15 is 0 Å². The van der Waals surface area contributed by atoms with Crippen LogP contribution in [0.25, 0.3) is 6.08 Å². The first-order valence-corrected chi connectivity index (χ1v) is 11.0. The van der Waals surface area contributed by atoms with Crippen LogP contribution in [0.4, 0.5) is 0 Å². The zero-order valence-electron chi connectivity index (χ0n) is 15.1. The second-order valence-corrected chi connectivity index (χ2v) is 8.82. The van der Waals surface area contributed by atoms with Crippen molar-refractivity contribution in [2.45, 2.75) is 6.61 Å². The van der Waals surface area contributed by atoms with Crippen molar-refractivity contribution in [1.82, 2.24) is 0 Å². The number of hydrogen-bond donors (Lipinski definition) is 0. The van der Waals surface area contributed by atoms with E-state index in [1.807, 2.05) is 60.7 Å². The van der Waals surface area contributed by atoms with Gasteiger partial charge in [-0.1, -0.05) is 24.3 Å². The highest BCUT2D eigenvalue weighted by Crippen LogP contribution is 2.22. The summed E-state index contributed by atoms with van der Waals surface area (Å²) in [7, 11) is 0. The average Bonchev–Trinajstić information content (AvgIpc) is 3.09. The molecule has 144 valence electrons. The van der Waals surface area contributed by atoms with E-state index in [2.05, 4.69) is 62.3 Å². The smallest absolute Gasteiger partial charge is 0.363 e. The molecule has 0 aromatic heterocycles. The molecule has 4 nitrogen and oxygen atoms in total. The van der Waals surface area contributed by atoms with Gasteiger partial charge in [-0.15, -0.1) is 0 Å². The summed E-state index contributed by atoms with van der Waals surface area (Å²) in [6, 6.07) is 23.4. The Balaban J connectivity index is 1.50. The summed E-state index contributed by atoms with van der Waals surface area (Å²) in [5.41, 5.74) is 2.97. The van der Waals surface area contributed by atoms with Gasteiger partial charge in [0.15, 0.2) is 5.70 Å². The van der Waals surface area contributed by atoms with Gasteiger partial charge in [0, 0.05) is 12.7 Å². The lowest BCUT2D eigenvalue weighted by atomic mass is 10.2. The number of benzene rings is 3. The van der Waals surface area contributed by atoms with Crippen molar-refractivity contribution in [2.75, 3.05) is 0 Å². The van der Waals surface area contributed by atoms with Crippen LogP contribution in [0.1, 0.15) is 16.7 Å². The molecule has 6 heteroatoms. The van der Waals surface area contributed by atoms with Gasteiger partial charge in [-0.2, -0.15) is 0 Å². The van der Waals surface area contributed by atoms with E-state index in [0.717, 1.165) is 26.0 Å². The second-order valence-electron chi connectivity index (χ2n) is 6.33. The Hall–Kier alpha value is -2.20. The molecule has 0 radical (unpaired) electrons. The number of esters is 1. The van der Waals surface area contributed by atoms with Gasteiger partial charge < -0.3 is 9.47 Å². The molecule has 3 aromatic carbocycles. The minimum atomic E-state index is -0.455. The maximum absolute atomic E-state index is 12.2. The first kappa shape index (κ1) is 20.1. The Morgan fingerprint density at radius 3 is 2.34 bits per heavy atom. The first-order chi connectivity index (χ1) is 14.1. The van der Waals surface area contributed by atoms with Crippen LogP contribution < -0.4 is 4.74 Å². The molecule has 0 atom stereocenters. The molecule has 0 amide bonds. The van der Waals surface area contributed by atoms with Gasteiger partial charge in [0.1, 0.15) is 12.4 Å². The Bertz CT molecular complexity index is 1100. The number of nitrogens with zero attached hydrogens (tertiary/aromatic N) is 1. The fraction of sp³-hybridized carbons (Fsp3) is 0.0435. The van der Waals surface area contributed by atoms with Gasteiger partial charge in [-0.3, -0.25) is 0 Å². The van der Waals surface area contributed by atoms with Crippen molar-refractivity contribution in [3.63, 3.8) is 0 Å². The van der Waals surface area contributed by atoms with Gasteiger partial charge >= 0.3 is 5.97 Å². The lowest BCUT2D eigenvalue weighted by molar-refractivity contribution is -0.129. The van der Waals surface area contributed by atoms with Gasteiger partial charge in [-0.05, 0) is 111 Å². The molecule has 0 N–H and O–H groups in total. The van der Waals surface area contributed by atoms with Crippen molar-refractivity contribution in [3.05, 3.63) is 102 Å². The number of hydrogen-bond acceptors (Lipinski definition) is 4. The molecule has 4 rings (SSSR count). The first-order valence-electron chi connectivity index (χ1n) is 8.83. The Morgan fingerprint density at radius 2 is 1.62 bits per heavy atom. The van der Waals surface area contributed by atoms with Crippen LogP contribution in [0.15, 0.2) is 83.5 Å². The lowest BCUT2D eigenvalue weighted by Crippen LogP contribution is -2.05. The fourth-order valence-electron chi connectivity index (χ4n) is 2.72. The Kier molecular flexibility index (Phi) is 6.29. The number of rotatable bonds is 5. The van der Waals surface area contributed by atoms with E-state index in [9.17, 15) is 4.79 Å². The third-order valence-electron chi connectivity index (χ3n) is 4.19. The van der Waals surface area contributed by atoms with E-state index in [1.165, 1.54) is 3.57 Å². The standard InChI is InChI=1S/C23H15I2NO3/c24-18-8-4-15(5-9-18)14-28-20-3-1-2-16(12-20)13-21-23(27)29-22(26-21)17-6-10-19(25)11-7-17/h1-13H,14H2/b21-13-. The number of halogens is 2. The van der Waals surface area contributed by atoms with Gasteiger partial charge in [0.05, 0.1) is 0 Å². The number of cyclic esters (lactones) is 1. The Morgan fingerprint density at radius 1 is 0.931 bits per heavy atom. The summed E-state index contributed by atoms with van der Waals surface area (Å²) in [6.07, 6.45) is 1.71. The quantitative estimate of drug-likeness (QED) is 0.209. The molecular weight excluding hydrogens is 592 g/mol. The highest BCUT2D eigenvalue weighted by atomic mass is 127. The molecule has 0 fully saturated rings. The summed E-state index contributed by atoms with van der Waals surface area (Å²) in [5, 5.41) is 0. The largest absolute Gasteiger partial charge is 0.489 e.